The average Bonchev–Trinajstić information content (AvgIpc) is 2.20. The van der Waals surface area contributed by atoms with E-state index in [4.69, 9.17) is 0 Å². The molecule has 0 aromatic rings. The molecule has 0 saturated heterocycles. The molecule has 0 fully saturated rings. The lowest BCUT2D eigenvalue weighted by Gasteiger charge is -2.04. The summed E-state index contributed by atoms with van der Waals surface area (Å²) in [7, 11) is 0. The first-order valence-electron chi connectivity index (χ1n) is 6.98. The molecule has 0 aliphatic carbocycles. The highest BCUT2D eigenvalue weighted by Gasteiger charge is 1.94. The fourth-order valence-corrected chi connectivity index (χ4v) is 1.86. The van der Waals surface area contributed by atoms with Gasteiger partial charge in [-0.05, 0) is 25.4 Å². The summed E-state index contributed by atoms with van der Waals surface area (Å²) in [5.41, 5.74) is 0. The van der Waals surface area contributed by atoms with Crippen LogP contribution in [0.5, 0.6) is 0 Å². The number of unbranched alkanes of at least 4 members (excludes halogenated alkanes) is 6. The Kier molecular flexibility index (Phi) is 12.0. The van der Waals surface area contributed by atoms with E-state index >= 15 is 0 Å². The smallest absolute Gasteiger partial charge is 0.00490 e. The van der Waals surface area contributed by atoms with Crippen LogP contribution in [0.15, 0.2) is 0 Å². The van der Waals surface area contributed by atoms with Crippen LogP contribution in [0.4, 0.5) is 0 Å². The molecule has 1 nitrogen and oxygen atoms in total. The summed E-state index contributed by atoms with van der Waals surface area (Å²) < 4.78 is 0. The first kappa shape index (κ1) is 15.0. The number of nitrogens with one attached hydrogen (secondary N) is 1. The van der Waals surface area contributed by atoms with Gasteiger partial charge in [0, 0.05) is 0 Å². The molecule has 0 heterocycles. The Morgan fingerprint density at radius 1 is 0.800 bits per heavy atom. The Balaban J connectivity index is 2.87. The van der Waals surface area contributed by atoms with Gasteiger partial charge in [-0.3, -0.25) is 0 Å². The third kappa shape index (κ3) is 14.0. The first-order valence-corrected chi connectivity index (χ1v) is 6.98. The van der Waals surface area contributed by atoms with E-state index in [1.807, 2.05) is 0 Å². The fourth-order valence-electron chi connectivity index (χ4n) is 1.86. The van der Waals surface area contributed by atoms with Gasteiger partial charge >= 0.3 is 0 Å². The van der Waals surface area contributed by atoms with Gasteiger partial charge in [0.15, 0.2) is 0 Å². The SMILES string of the molecule is CCNCCCCCCCCCC(C)C. The van der Waals surface area contributed by atoms with E-state index < -0.39 is 0 Å². The van der Waals surface area contributed by atoms with E-state index in [-0.39, 0.29) is 0 Å². The molecule has 0 saturated carbocycles. The summed E-state index contributed by atoms with van der Waals surface area (Å²) in [6.45, 7) is 9.15. The minimum absolute atomic E-state index is 0.894. The molecule has 1 N–H and O–H groups in total. The Hall–Kier alpha value is -0.0400. The van der Waals surface area contributed by atoms with Crippen molar-refractivity contribution in [1.82, 2.24) is 5.32 Å². The molecular formula is C14H31N. The lowest BCUT2D eigenvalue weighted by molar-refractivity contribution is 0.507. The normalized spacial score (nSPS) is 11.2. The van der Waals surface area contributed by atoms with Crippen molar-refractivity contribution in [1.29, 1.82) is 0 Å². The van der Waals surface area contributed by atoms with Crippen molar-refractivity contribution in [2.45, 2.75) is 72.1 Å². The van der Waals surface area contributed by atoms with Gasteiger partial charge in [-0.1, -0.05) is 65.7 Å². The van der Waals surface area contributed by atoms with Gasteiger partial charge in [0.25, 0.3) is 0 Å². The quantitative estimate of drug-likeness (QED) is 0.502. The van der Waals surface area contributed by atoms with Crippen molar-refractivity contribution >= 4 is 0 Å². The van der Waals surface area contributed by atoms with Crippen molar-refractivity contribution in [3.8, 4) is 0 Å². The van der Waals surface area contributed by atoms with Gasteiger partial charge in [-0.2, -0.15) is 0 Å². The van der Waals surface area contributed by atoms with Crippen LogP contribution >= 0.6 is 0 Å². The van der Waals surface area contributed by atoms with Gasteiger partial charge in [-0.25, -0.2) is 0 Å². The summed E-state index contributed by atoms with van der Waals surface area (Å²) in [5, 5.41) is 3.37. The highest BCUT2D eigenvalue weighted by molar-refractivity contribution is 4.50. The van der Waals surface area contributed by atoms with Gasteiger partial charge in [0.05, 0.1) is 0 Å². The Labute approximate surface area is 97.0 Å². The summed E-state index contributed by atoms with van der Waals surface area (Å²) in [5.74, 6) is 0.894. The van der Waals surface area contributed by atoms with Crippen molar-refractivity contribution in [2.24, 2.45) is 5.92 Å². The second kappa shape index (κ2) is 12.0. The summed E-state index contributed by atoms with van der Waals surface area (Å²) in [6, 6.07) is 0. The molecule has 0 aromatic carbocycles. The minimum atomic E-state index is 0.894. The van der Waals surface area contributed by atoms with Gasteiger partial charge in [0.2, 0.25) is 0 Å². The zero-order valence-corrected chi connectivity index (χ0v) is 11.1. The van der Waals surface area contributed by atoms with Gasteiger partial charge in [-0.15, -0.1) is 0 Å². The summed E-state index contributed by atoms with van der Waals surface area (Å²) >= 11 is 0. The molecule has 0 bridgehead atoms. The van der Waals surface area contributed by atoms with Crippen LogP contribution < -0.4 is 5.32 Å². The number of hydrogen-bond acceptors (Lipinski definition) is 1. The van der Waals surface area contributed by atoms with Gasteiger partial charge < -0.3 is 5.32 Å². The molecule has 0 aliphatic heterocycles. The third-order valence-electron chi connectivity index (χ3n) is 2.89. The molecule has 0 radical (unpaired) electrons. The van der Waals surface area contributed by atoms with E-state index in [0.717, 1.165) is 12.5 Å². The lowest BCUT2D eigenvalue weighted by Crippen LogP contribution is -2.13. The summed E-state index contributed by atoms with van der Waals surface area (Å²) in [4.78, 5) is 0. The molecule has 1 heteroatoms. The Bertz CT molecular complexity index is 110. The fraction of sp³-hybridized carbons (Fsp3) is 1.00. The van der Waals surface area contributed by atoms with Crippen molar-refractivity contribution < 1.29 is 0 Å². The molecule has 0 aliphatic rings. The van der Waals surface area contributed by atoms with E-state index in [1.54, 1.807) is 0 Å². The zero-order valence-electron chi connectivity index (χ0n) is 11.1. The second-order valence-corrected chi connectivity index (χ2v) is 5.01. The third-order valence-corrected chi connectivity index (χ3v) is 2.89. The number of hydrogen-bond donors (Lipinski definition) is 1. The molecule has 0 atom stereocenters. The van der Waals surface area contributed by atoms with Crippen LogP contribution in [0.2, 0.25) is 0 Å². The van der Waals surface area contributed by atoms with Crippen LogP contribution in [0.3, 0.4) is 0 Å². The van der Waals surface area contributed by atoms with E-state index in [2.05, 4.69) is 26.1 Å². The molecule has 0 rings (SSSR count). The van der Waals surface area contributed by atoms with Crippen molar-refractivity contribution in [3.63, 3.8) is 0 Å². The van der Waals surface area contributed by atoms with E-state index in [0.29, 0.717) is 0 Å². The number of rotatable bonds is 11. The Morgan fingerprint density at radius 3 is 1.87 bits per heavy atom. The topological polar surface area (TPSA) is 12.0 Å². The van der Waals surface area contributed by atoms with Crippen LogP contribution in [-0.4, -0.2) is 13.1 Å². The van der Waals surface area contributed by atoms with E-state index in [9.17, 15) is 0 Å². The molecule has 92 valence electrons. The first-order chi connectivity index (χ1) is 7.27. The molecule has 15 heavy (non-hydrogen) atoms. The maximum Gasteiger partial charge on any atom is -0.00490 e. The van der Waals surface area contributed by atoms with Crippen LogP contribution in [-0.2, 0) is 0 Å². The average molecular weight is 213 g/mol. The van der Waals surface area contributed by atoms with Crippen LogP contribution in [0.1, 0.15) is 72.1 Å². The molecular weight excluding hydrogens is 182 g/mol. The second-order valence-electron chi connectivity index (χ2n) is 5.01. The largest absolute Gasteiger partial charge is 0.317 e. The minimum Gasteiger partial charge on any atom is -0.317 e. The maximum atomic E-state index is 3.37. The monoisotopic (exact) mass is 213 g/mol. The van der Waals surface area contributed by atoms with Crippen molar-refractivity contribution in [3.05, 3.63) is 0 Å². The maximum absolute atomic E-state index is 3.37. The summed E-state index contributed by atoms with van der Waals surface area (Å²) in [6.07, 6.45) is 11.4. The standard InChI is InChI=1S/C14H31N/c1-4-15-13-11-9-7-5-6-8-10-12-14(2)3/h14-15H,4-13H2,1-3H3. The highest BCUT2D eigenvalue weighted by atomic mass is 14.8. The molecule has 0 aromatic heterocycles. The predicted molar refractivity (Wildman–Crippen MR) is 70.3 cm³/mol. The van der Waals surface area contributed by atoms with Crippen molar-refractivity contribution in [2.75, 3.05) is 13.1 Å². The highest BCUT2D eigenvalue weighted by Crippen LogP contribution is 2.11. The van der Waals surface area contributed by atoms with Gasteiger partial charge in [0.1, 0.15) is 0 Å². The molecule has 0 spiro atoms. The van der Waals surface area contributed by atoms with Crippen LogP contribution in [0, 0.1) is 5.92 Å². The predicted octanol–water partition coefficient (Wildman–Crippen LogP) is 4.37. The van der Waals surface area contributed by atoms with Crippen LogP contribution in [0.25, 0.3) is 0 Å². The zero-order chi connectivity index (χ0) is 11.4. The molecule has 0 amide bonds. The Morgan fingerprint density at radius 2 is 1.33 bits per heavy atom. The molecule has 0 unspecified atom stereocenters. The van der Waals surface area contributed by atoms with E-state index in [1.165, 1.54) is 57.9 Å². The lowest BCUT2D eigenvalue weighted by atomic mass is 10.0.